The Hall–Kier alpha value is -4.99. The number of nitrogens with zero attached hydrogens (tertiary/aromatic N) is 3. The number of rotatable bonds is 7. The predicted octanol–water partition coefficient (Wildman–Crippen LogP) is -0.126. The normalized spacial score (nSPS) is 17.4. The first-order valence-electron chi connectivity index (χ1n) is 12.2. The summed E-state index contributed by atoms with van der Waals surface area (Å²) in [6, 6.07) is 6.58. The fraction of sp³-hybridized carbons (Fsp3) is 0.292. The summed E-state index contributed by atoms with van der Waals surface area (Å²) in [4.78, 5) is 75.3. The summed E-state index contributed by atoms with van der Waals surface area (Å²) in [6.07, 6.45) is -0.0368. The van der Waals surface area contributed by atoms with Gasteiger partial charge in [0.1, 0.15) is 11.8 Å². The van der Waals surface area contributed by atoms with Crippen LogP contribution in [0.15, 0.2) is 42.5 Å². The Bertz CT molecular complexity index is 1400. The number of nitro benzene ring substituents is 1. The molecule has 0 radical (unpaired) electrons. The number of hydrogen-bond donors (Lipinski definition) is 4. The number of nitro groups is 1. The van der Waals surface area contributed by atoms with E-state index in [1.165, 1.54) is 35.2 Å². The van der Waals surface area contributed by atoms with Gasteiger partial charge in [0.25, 0.3) is 5.69 Å². The summed E-state index contributed by atoms with van der Waals surface area (Å²) in [5.74, 6) is -5.31. The van der Waals surface area contributed by atoms with Gasteiger partial charge < -0.3 is 30.3 Å². The van der Waals surface area contributed by atoms with Crippen molar-refractivity contribution < 1.29 is 43.7 Å². The van der Waals surface area contributed by atoms with Gasteiger partial charge in [0.15, 0.2) is 0 Å². The number of urea groups is 1. The molecule has 0 aliphatic carbocycles. The van der Waals surface area contributed by atoms with E-state index in [0.717, 1.165) is 6.07 Å². The number of aromatic carboxylic acids is 1. The third kappa shape index (κ3) is 5.56. The van der Waals surface area contributed by atoms with E-state index < -0.39 is 53.7 Å². The predicted molar refractivity (Wildman–Crippen MR) is 136 cm³/mol. The van der Waals surface area contributed by atoms with Crippen molar-refractivity contribution in [3.63, 3.8) is 0 Å². The molecule has 2 aliphatic rings. The number of hydrogen-bond acceptors (Lipinski definition) is 9. The summed E-state index contributed by atoms with van der Waals surface area (Å²) >= 11 is 0. The summed E-state index contributed by atoms with van der Waals surface area (Å²) < 4.78 is 5.38. The second-order valence-electron chi connectivity index (χ2n) is 9.00. The van der Waals surface area contributed by atoms with Crippen molar-refractivity contribution in [3.05, 3.63) is 69.3 Å². The van der Waals surface area contributed by atoms with E-state index in [4.69, 9.17) is 4.65 Å². The van der Waals surface area contributed by atoms with Gasteiger partial charge in [0, 0.05) is 31.8 Å². The highest BCUT2D eigenvalue weighted by atomic mass is 16.6. The quantitative estimate of drug-likeness (QED) is 0.155. The first-order valence-corrected chi connectivity index (χ1v) is 12.2. The van der Waals surface area contributed by atoms with Crippen molar-refractivity contribution in [2.75, 3.05) is 19.6 Å². The summed E-state index contributed by atoms with van der Waals surface area (Å²) in [5, 5.41) is 36.1. The average Bonchev–Trinajstić information content (AvgIpc) is 2.93. The Labute approximate surface area is 227 Å². The van der Waals surface area contributed by atoms with Crippen LogP contribution in [0.3, 0.4) is 0 Å². The highest BCUT2D eigenvalue weighted by Crippen LogP contribution is 2.30. The van der Waals surface area contributed by atoms with Crippen molar-refractivity contribution in [3.8, 4) is 5.75 Å². The van der Waals surface area contributed by atoms with Crippen LogP contribution < -0.4 is 15.3 Å². The zero-order valence-electron chi connectivity index (χ0n) is 21.1. The van der Waals surface area contributed by atoms with E-state index in [1.807, 2.05) is 0 Å². The third-order valence-electron chi connectivity index (χ3n) is 6.56. The van der Waals surface area contributed by atoms with Crippen molar-refractivity contribution in [2.45, 2.75) is 25.3 Å². The minimum Gasteiger partial charge on any atom is -0.534 e. The van der Waals surface area contributed by atoms with Gasteiger partial charge in [-0.2, -0.15) is 0 Å². The molecule has 2 aliphatic heterocycles. The second-order valence-corrected chi connectivity index (χ2v) is 9.00. The molecule has 0 saturated carbocycles. The number of likely N-dealkylation sites (N-methyl/N-ethyl adjacent to an activating group) is 1. The molecule has 15 nitrogen and oxygen atoms in total. The molecule has 1 saturated heterocycles. The van der Waals surface area contributed by atoms with Gasteiger partial charge in [-0.15, -0.1) is 0 Å². The zero-order chi connectivity index (χ0) is 29.1. The molecule has 1 unspecified atom stereocenters. The molecule has 208 valence electrons. The monoisotopic (exact) mass is 553 g/mol. The van der Waals surface area contributed by atoms with Crippen LogP contribution in [0.2, 0.25) is 0 Å². The van der Waals surface area contributed by atoms with Gasteiger partial charge in [-0.25, -0.2) is 9.59 Å². The molecule has 0 spiro atoms. The van der Waals surface area contributed by atoms with Gasteiger partial charge in [0.05, 0.1) is 16.4 Å². The van der Waals surface area contributed by atoms with Crippen LogP contribution in [-0.4, -0.2) is 87.3 Å². The molecule has 0 aromatic heterocycles. The lowest BCUT2D eigenvalue weighted by Gasteiger charge is -2.33. The smallest absolute Gasteiger partial charge is 0.534 e. The van der Waals surface area contributed by atoms with E-state index in [1.54, 1.807) is 13.0 Å². The van der Waals surface area contributed by atoms with E-state index in [-0.39, 0.29) is 48.6 Å². The molecular formula is C24H24BN5O10. The molecule has 2 aromatic rings. The van der Waals surface area contributed by atoms with Gasteiger partial charge in [-0.05, 0) is 30.5 Å². The van der Waals surface area contributed by atoms with Crippen molar-refractivity contribution in [2.24, 2.45) is 0 Å². The lowest BCUT2D eigenvalue weighted by molar-refractivity contribution is -0.384. The summed E-state index contributed by atoms with van der Waals surface area (Å²) in [6.45, 7) is 1.90. The molecular weight excluding hydrogens is 529 g/mol. The molecule has 1 fully saturated rings. The van der Waals surface area contributed by atoms with Crippen LogP contribution in [0, 0.1) is 10.1 Å². The number of carboxylic acids is 1. The van der Waals surface area contributed by atoms with E-state index in [2.05, 4.69) is 10.6 Å². The van der Waals surface area contributed by atoms with Crippen molar-refractivity contribution in [1.82, 2.24) is 20.4 Å². The maximum absolute atomic E-state index is 13.5. The average molecular weight is 553 g/mol. The number of imide groups is 1. The van der Waals surface area contributed by atoms with E-state index in [0.29, 0.717) is 10.5 Å². The van der Waals surface area contributed by atoms with Gasteiger partial charge in [-0.1, -0.05) is 24.3 Å². The van der Waals surface area contributed by atoms with Crippen LogP contribution >= 0.6 is 0 Å². The minimum absolute atomic E-state index is 0.00852. The van der Waals surface area contributed by atoms with Crippen LogP contribution in [0.5, 0.6) is 5.75 Å². The van der Waals surface area contributed by atoms with Crippen LogP contribution in [0.4, 0.5) is 10.5 Å². The number of carbonyl (C=O) groups is 5. The topological polar surface area (TPSA) is 209 Å². The molecule has 2 heterocycles. The number of carboxylic acid groups (broad SMARTS) is 1. The standard InChI is InChI=1S/C24H24BN5O10/c1-2-28-9-10-29(22(33)21(28)32)24(36)27-18(13-5-3-7-15(11-13)30(38)39)20(31)26-17-12-14-6-4-8-16(23(34)35)19(14)40-25(17)37/h3-8,11,17-18,37H,2,9-10,12H2,1H3,(H,26,31)(H,27,36)(H,34,35)/t17-,18?/m0/s1. The number of benzene rings is 2. The van der Waals surface area contributed by atoms with Crippen molar-refractivity contribution in [1.29, 1.82) is 0 Å². The Morgan fingerprint density at radius 1 is 1.18 bits per heavy atom. The number of piperazine rings is 1. The molecule has 5 amide bonds. The van der Waals surface area contributed by atoms with Crippen LogP contribution in [0.25, 0.3) is 0 Å². The lowest BCUT2D eigenvalue weighted by Crippen LogP contribution is -2.60. The van der Waals surface area contributed by atoms with E-state index >= 15 is 0 Å². The summed E-state index contributed by atoms with van der Waals surface area (Å²) in [5.41, 5.74) is -0.163. The number of amides is 5. The number of fused-ring (bicyclic) bond motifs is 1. The molecule has 4 N–H and O–H groups in total. The lowest BCUT2D eigenvalue weighted by atomic mass is 9.72. The highest BCUT2D eigenvalue weighted by Gasteiger charge is 2.41. The third-order valence-corrected chi connectivity index (χ3v) is 6.56. The molecule has 2 aromatic carbocycles. The number of para-hydroxylation sites is 1. The Kier molecular flexibility index (Phi) is 7.99. The first-order chi connectivity index (χ1) is 19.0. The van der Waals surface area contributed by atoms with Gasteiger partial charge in [-0.3, -0.25) is 29.4 Å². The fourth-order valence-corrected chi connectivity index (χ4v) is 4.47. The van der Waals surface area contributed by atoms with Gasteiger partial charge >= 0.3 is 30.9 Å². The first kappa shape index (κ1) is 28.0. The second kappa shape index (κ2) is 11.4. The molecule has 0 bridgehead atoms. The Balaban J connectivity index is 1.59. The Morgan fingerprint density at radius 3 is 2.58 bits per heavy atom. The SMILES string of the molecule is CCN1CCN(C(=O)NC(C(=O)N[C@H]2Cc3cccc(C(=O)O)c3OB2O)c2cccc([N+](=O)[O-])c2)C(=O)C1=O. The molecule has 40 heavy (non-hydrogen) atoms. The van der Waals surface area contributed by atoms with Gasteiger partial charge in [0.2, 0.25) is 5.91 Å². The fourth-order valence-electron chi connectivity index (χ4n) is 4.47. The molecule has 16 heteroatoms. The Morgan fingerprint density at radius 2 is 1.90 bits per heavy atom. The molecule has 4 rings (SSSR count). The minimum atomic E-state index is -1.67. The molecule has 2 atom stereocenters. The maximum Gasteiger partial charge on any atom is 0.547 e. The highest BCUT2D eigenvalue weighted by molar-refractivity contribution is 6.47. The maximum atomic E-state index is 13.5. The van der Waals surface area contributed by atoms with Crippen LogP contribution in [-0.2, 0) is 20.8 Å². The summed E-state index contributed by atoms with van der Waals surface area (Å²) in [7, 11) is -1.67. The van der Waals surface area contributed by atoms with Crippen molar-refractivity contribution >= 4 is 42.5 Å². The van der Waals surface area contributed by atoms with E-state index in [9.17, 15) is 44.2 Å². The largest absolute Gasteiger partial charge is 0.547 e. The number of non-ortho nitro benzene ring substituents is 1. The van der Waals surface area contributed by atoms with Crippen LogP contribution in [0.1, 0.15) is 34.5 Å². The number of nitrogens with one attached hydrogen (secondary N) is 2. The zero-order valence-corrected chi connectivity index (χ0v) is 21.1. The number of carbonyl (C=O) groups excluding carboxylic acids is 4.